The van der Waals surface area contributed by atoms with Gasteiger partial charge in [0, 0.05) is 12.1 Å². The summed E-state index contributed by atoms with van der Waals surface area (Å²) in [6.07, 6.45) is 0. The lowest BCUT2D eigenvalue weighted by Gasteiger charge is -2.07. The standard InChI is InChI=1S/C15H15F2N/c1-2-18-10-11-6-7-14(15(17)8-11)12-4-3-5-13(16)9-12/h3-9,18H,2,10H2,1H3. The van der Waals surface area contributed by atoms with Gasteiger partial charge in [-0.3, -0.25) is 0 Å². The Morgan fingerprint density at radius 1 is 1.06 bits per heavy atom. The summed E-state index contributed by atoms with van der Waals surface area (Å²) < 4.78 is 27.0. The molecule has 0 saturated carbocycles. The molecule has 2 aromatic rings. The fourth-order valence-electron chi connectivity index (χ4n) is 1.83. The molecule has 0 radical (unpaired) electrons. The maximum absolute atomic E-state index is 13.9. The minimum Gasteiger partial charge on any atom is -0.313 e. The molecule has 0 aliphatic carbocycles. The quantitative estimate of drug-likeness (QED) is 0.867. The van der Waals surface area contributed by atoms with E-state index in [1.807, 2.05) is 13.0 Å². The van der Waals surface area contributed by atoms with Crippen molar-refractivity contribution in [3.05, 3.63) is 59.7 Å². The molecule has 0 fully saturated rings. The molecular weight excluding hydrogens is 232 g/mol. The van der Waals surface area contributed by atoms with E-state index in [1.54, 1.807) is 18.2 Å². The van der Waals surface area contributed by atoms with Crippen LogP contribution in [-0.4, -0.2) is 6.54 Å². The van der Waals surface area contributed by atoms with Gasteiger partial charge in [0.25, 0.3) is 0 Å². The van der Waals surface area contributed by atoms with Crippen LogP contribution in [0.2, 0.25) is 0 Å². The van der Waals surface area contributed by atoms with E-state index < -0.39 is 0 Å². The molecule has 0 aromatic heterocycles. The van der Waals surface area contributed by atoms with Crippen LogP contribution in [0.5, 0.6) is 0 Å². The van der Waals surface area contributed by atoms with Gasteiger partial charge in [0.2, 0.25) is 0 Å². The number of rotatable bonds is 4. The maximum Gasteiger partial charge on any atom is 0.131 e. The number of benzene rings is 2. The van der Waals surface area contributed by atoms with Crippen LogP contribution < -0.4 is 5.32 Å². The fraction of sp³-hybridized carbons (Fsp3) is 0.200. The zero-order valence-electron chi connectivity index (χ0n) is 10.2. The Kier molecular flexibility index (Phi) is 4.05. The zero-order chi connectivity index (χ0) is 13.0. The van der Waals surface area contributed by atoms with Gasteiger partial charge in [-0.15, -0.1) is 0 Å². The zero-order valence-corrected chi connectivity index (χ0v) is 10.2. The van der Waals surface area contributed by atoms with Crippen molar-refractivity contribution in [2.24, 2.45) is 0 Å². The van der Waals surface area contributed by atoms with Gasteiger partial charge in [-0.2, -0.15) is 0 Å². The molecule has 2 rings (SSSR count). The third-order valence-electron chi connectivity index (χ3n) is 2.75. The Balaban J connectivity index is 2.29. The number of halogens is 2. The molecular formula is C15H15F2N. The average molecular weight is 247 g/mol. The summed E-state index contributed by atoms with van der Waals surface area (Å²) in [7, 11) is 0. The molecule has 18 heavy (non-hydrogen) atoms. The first kappa shape index (κ1) is 12.7. The number of hydrogen-bond donors (Lipinski definition) is 1. The highest BCUT2D eigenvalue weighted by atomic mass is 19.1. The molecule has 0 bridgehead atoms. The fourth-order valence-corrected chi connectivity index (χ4v) is 1.83. The smallest absolute Gasteiger partial charge is 0.131 e. The van der Waals surface area contributed by atoms with Gasteiger partial charge < -0.3 is 5.32 Å². The van der Waals surface area contributed by atoms with E-state index in [-0.39, 0.29) is 11.6 Å². The monoisotopic (exact) mass is 247 g/mol. The first-order chi connectivity index (χ1) is 8.70. The van der Waals surface area contributed by atoms with E-state index in [9.17, 15) is 8.78 Å². The van der Waals surface area contributed by atoms with Crippen LogP contribution in [0, 0.1) is 11.6 Å². The molecule has 2 aromatic carbocycles. The van der Waals surface area contributed by atoms with Gasteiger partial charge in [0.15, 0.2) is 0 Å². The molecule has 1 N–H and O–H groups in total. The van der Waals surface area contributed by atoms with E-state index in [4.69, 9.17) is 0 Å². The van der Waals surface area contributed by atoms with Crippen molar-refractivity contribution in [2.45, 2.75) is 13.5 Å². The summed E-state index contributed by atoms with van der Waals surface area (Å²) in [5, 5.41) is 3.13. The first-order valence-corrected chi connectivity index (χ1v) is 5.96. The summed E-state index contributed by atoms with van der Waals surface area (Å²) >= 11 is 0. The highest BCUT2D eigenvalue weighted by Gasteiger charge is 2.06. The summed E-state index contributed by atoms with van der Waals surface area (Å²) in [5.41, 5.74) is 1.87. The molecule has 94 valence electrons. The number of nitrogens with one attached hydrogen (secondary N) is 1. The molecule has 0 heterocycles. The molecule has 0 aliphatic rings. The predicted molar refractivity (Wildman–Crippen MR) is 69.2 cm³/mol. The maximum atomic E-state index is 13.9. The van der Waals surface area contributed by atoms with Gasteiger partial charge in [0.05, 0.1) is 0 Å². The highest BCUT2D eigenvalue weighted by Crippen LogP contribution is 2.24. The summed E-state index contributed by atoms with van der Waals surface area (Å²) in [6, 6.07) is 11.0. The van der Waals surface area contributed by atoms with Crippen molar-refractivity contribution in [3.63, 3.8) is 0 Å². The van der Waals surface area contributed by atoms with Crippen molar-refractivity contribution in [2.75, 3.05) is 6.54 Å². The van der Waals surface area contributed by atoms with Crippen molar-refractivity contribution in [1.29, 1.82) is 0 Å². The normalized spacial score (nSPS) is 10.6. The van der Waals surface area contributed by atoms with Crippen LogP contribution in [0.3, 0.4) is 0 Å². The molecule has 1 nitrogen and oxygen atoms in total. The Morgan fingerprint density at radius 2 is 1.89 bits per heavy atom. The van der Waals surface area contributed by atoms with E-state index in [1.165, 1.54) is 18.2 Å². The van der Waals surface area contributed by atoms with Crippen molar-refractivity contribution in [1.82, 2.24) is 5.32 Å². The average Bonchev–Trinajstić information content (AvgIpc) is 2.36. The van der Waals surface area contributed by atoms with E-state index in [0.29, 0.717) is 17.7 Å². The van der Waals surface area contributed by atoms with Crippen LogP contribution in [0.4, 0.5) is 8.78 Å². The lowest BCUT2D eigenvalue weighted by Crippen LogP contribution is -2.11. The largest absolute Gasteiger partial charge is 0.313 e. The third kappa shape index (κ3) is 2.93. The van der Waals surface area contributed by atoms with E-state index >= 15 is 0 Å². The molecule has 0 amide bonds. The van der Waals surface area contributed by atoms with Crippen molar-refractivity contribution < 1.29 is 8.78 Å². The second-order valence-corrected chi connectivity index (χ2v) is 4.10. The minimum absolute atomic E-state index is 0.323. The van der Waals surface area contributed by atoms with Gasteiger partial charge in [-0.1, -0.05) is 31.2 Å². The van der Waals surface area contributed by atoms with Crippen LogP contribution in [0.1, 0.15) is 12.5 Å². The SMILES string of the molecule is CCNCc1ccc(-c2cccc(F)c2)c(F)c1. The molecule has 0 unspecified atom stereocenters. The Bertz CT molecular complexity index is 538. The van der Waals surface area contributed by atoms with E-state index in [2.05, 4.69) is 5.32 Å². The van der Waals surface area contributed by atoms with Crippen LogP contribution in [-0.2, 0) is 6.54 Å². The van der Waals surface area contributed by atoms with Crippen molar-refractivity contribution in [3.8, 4) is 11.1 Å². The summed E-state index contributed by atoms with van der Waals surface area (Å²) in [6.45, 7) is 3.47. The molecule has 3 heteroatoms. The molecule has 0 atom stereocenters. The molecule has 0 saturated heterocycles. The topological polar surface area (TPSA) is 12.0 Å². The van der Waals surface area contributed by atoms with Crippen LogP contribution in [0.25, 0.3) is 11.1 Å². The highest BCUT2D eigenvalue weighted by molar-refractivity contribution is 5.64. The second kappa shape index (κ2) is 5.74. The van der Waals surface area contributed by atoms with Crippen molar-refractivity contribution >= 4 is 0 Å². The predicted octanol–water partition coefficient (Wildman–Crippen LogP) is 3.74. The van der Waals surface area contributed by atoms with Gasteiger partial charge in [-0.05, 0) is 35.9 Å². The summed E-state index contributed by atoms with van der Waals surface area (Å²) in [5.74, 6) is -0.681. The lowest BCUT2D eigenvalue weighted by molar-refractivity contribution is 0.621. The lowest BCUT2D eigenvalue weighted by atomic mass is 10.0. The minimum atomic E-state index is -0.358. The number of hydrogen-bond acceptors (Lipinski definition) is 1. The Hall–Kier alpha value is -1.74. The van der Waals surface area contributed by atoms with Crippen LogP contribution >= 0.6 is 0 Å². The third-order valence-corrected chi connectivity index (χ3v) is 2.75. The van der Waals surface area contributed by atoms with E-state index in [0.717, 1.165) is 12.1 Å². The Morgan fingerprint density at radius 3 is 2.56 bits per heavy atom. The first-order valence-electron chi connectivity index (χ1n) is 5.96. The van der Waals surface area contributed by atoms with Gasteiger partial charge in [-0.25, -0.2) is 8.78 Å². The summed E-state index contributed by atoms with van der Waals surface area (Å²) in [4.78, 5) is 0. The van der Waals surface area contributed by atoms with Crippen LogP contribution in [0.15, 0.2) is 42.5 Å². The van der Waals surface area contributed by atoms with Gasteiger partial charge >= 0.3 is 0 Å². The molecule has 0 spiro atoms. The Labute approximate surface area is 105 Å². The van der Waals surface area contributed by atoms with Gasteiger partial charge in [0.1, 0.15) is 11.6 Å². The molecule has 0 aliphatic heterocycles. The second-order valence-electron chi connectivity index (χ2n) is 4.10.